The Morgan fingerprint density at radius 3 is 1.00 bits per heavy atom. The van der Waals surface area contributed by atoms with Crippen molar-refractivity contribution in [2.24, 2.45) is 0 Å². The Kier molecular flexibility index (Phi) is 46.4. The zero-order valence-electron chi connectivity index (χ0n) is 43.3. The molecule has 0 aromatic rings. The van der Waals surface area contributed by atoms with E-state index in [1.54, 1.807) is 0 Å². The summed E-state index contributed by atoms with van der Waals surface area (Å²) in [7, 11) is 1.50. The first-order valence-corrected chi connectivity index (χ1v) is 29.3. The van der Waals surface area contributed by atoms with Crippen molar-refractivity contribution in [1.82, 2.24) is 0 Å². The molecule has 9 nitrogen and oxygen atoms in total. The number of esters is 2. The third-order valence-electron chi connectivity index (χ3n) is 12.6. The molecule has 2 atom stereocenters. The molecule has 0 aliphatic rings. The number of hydrogen-bond donors (Lipinski definition) is 1. The van der Waals surface area contributed by atoms with Crippen LogP contribution in [0.3, 0.4) is 0 Å². The summed E-state index contributed by atoms with van der Waals surface area (Å²) in [6.45, 7) is 4.50. The largest absolute Gasteiger partial charge is 0.472 e. The van der Waals surface area contributed by atoms with Gasteiger partial charge in [-0.1, -0.05) is 258 Å². The number of rotatable bonds is 52. The number of likely N-dealkylation sites (N-methyl/N-ethyl adjacent to an activating group) is 1. The fraction of sp³-hybridized carbons (Fsp3) is 0.963. The minimum atomic E-state index is -4.37. The maximum Gasteiger partial charge on any atom is 0.472 e. The molecule has 0 saturated heterocycles. The van der Waals surface area contributed by atoms with Gasteiger partial charge in [0.05, 0.1) is 27.7 Å². The molecule has 0 aromatic heterocycles. The first-order valence-electron chi connectivity index (χ1n) is 27.8. The van der Waals surface area contributed by atoms with Crippen LogP contribution in [0.25, 0.3) is 0 Å². The van der Waals surface area contributed by atoms with Crippen LogP contribution in [-0.2, 0) is 32.7 Å². The van der Waals surface area contributed by atoms with Crippen LogP contribution < -0.4 is 0 Å². The van der Waals surface area contributed by atoms with Gasteiger partial charge in [-0.3, -0.25) is 18.6 Å². The number of carbonyl (C=O) groups is 2. The van der Waals surface area contributed by atoms with Crippen molar-refractivity contribution in [3.8, 4) is 0 Å². The van der Waals surface area contributed by atoms with E-state index in [1.165, 1.54) is 218 Å². The molecule has 0 amide bonds. The van der Waals surface area contributed by atoms with Crippen molar-refractivity contribution in [1.29, 1.82) is 0 Å². The van der Waals surface area contributed by atoms with E-state index < -0.39 is 26.5 Å². The number of phosphoric acid groups is 1. The number of phosphoric ester groups is 1. The molecular formula is C54H109NO8P+. The van der Waals surface area contributed by atoms with Gasteiger partial charge in [-0.25, -0.2) is 4.57 Å². The highest BCUT2D eigenvalue weighted by Gasteiger charge is 2.27. The lowest BCUT2D eigenvalue weighted by atomic mass is 10.0. The summed E-state index contributed by atoms with van der Waals surface area (Å²) >= 11 is 0. The lowest BCUT2D eigenvalue weighted by Crippen LogP contribution is -2.37. The number of quaternary nitrogens is 1. The van der Waals surface area contributed by atoms with Gasteiger partial charge in [-0.15, -0.1) is 0 Å². The van der Waals surface area contributed by atoms with Gasteiger partial charge in [0, 0.05) is 12.8 Å². The SMILES string of the molecule is CCCCCCCCCCCCCCCCCCCCCCCCC(=O)OC(COC(=O)CCCCCCCCCCCCCCCCCCCC)COP(=O)(O)OCC[N+](C)(C)C. The minimum Gasteiger partial charge on any atom is -0.462 e. The third kappa shape index (κ3) is 50.4. The molecule has 0 fully saturated rings. The van der Waals surface area contributed by atoms with E-state index in [0.29, 0.717) is 17.4 Å². The first kappa shape index (κ1) is 63.0. The molecule has 0 aliphatic carbocycles. The second-order valence-electron chi connectivity index (χ2n) is 20.3. The van der Waals surface area contributed by atoms with Crippen LogP contribution in [0.5, 0.6) is 0 Å². The predicted molar refractivity (Wildman–Crippen MR) is 271 cm³/mol. The molecule has 0 radical (unpaired) electrons. The van der Waals surface area contributed by atoms with E-state index in [-0.39, 0.29) is 25.6 Å². The second kappa shape index (κ2) is 47.1. The van der Waals surface area contributed by atoms with Gasteiger partial charge in [-0.05, 0) is 12.8 Å². The number of nitrogens with zero attached hydrogens (tertiary/aromatic N) is 1. The lowest BCUT2D eigenvalue weighted by Gasteiger charge is -2.24. The average molecular weight is 931 g/mol. The fourth-order valence-electron chi connectivity index (χ4n) is 8.31. The van der Waals surface area contributed by atoms with E-state index in [0.717, 1.165) is 38.5 Å². The average Bonchev–Trinajstić information content (AvgIpc) is 3.25. The first-order chi connectivity index (χ1) is 31.0. The topological polar surface area (TPSA) is 108 Å². The second-order valence-corrected chi connectivity index (χ2v) is 21.8. The third-order valence-corrected chi connectivity index (χ3v) is 13.6. The lowest BCUT2D eigenvalue weighted by molar-refractivity contribution is -0.870. The van der Waals surface area contributed by atoms with Crippen molar-refractivity contribution in [3.63, 3.8) is 0 Å². The van der Waals surface area contributed by atoms with Crippen LogP contribution in [0.4, 0.5) is 0 Å². The molecule has 382 valence electrons. The standard InChI is InChI=1S/C54H108NO8P/c1-6-8-10-12-14-16-18-20-22-24-26-27-28-29-31-33-35-37-39-41-43-45-47-54(57)63-52(51-62-64(58,59)61-49-48-55(3,4)5)50-60-53(56)46-44-42-40-38-36-34-32-30-25-23-21-19-17-15-13-11-9-7-2/h52H,6-51H2,1-5H3/p+1. The van der Waals surface area contributed by atoms with Crippen molar-refractivity contribution in [3.05, 3.63) is 0 Å². The van der Waals surface area contributed by atoms with E-state index in [2.05, 4.69) is 13.8 Å². The van der Waals surface area contributed by atoms with Gasteiger partial charge >= 0.3 is 19.8 Å². The Labute approximate surface area is 397 Å². The van der Waals surface area contributed by atoms with E-state index in [9.17, 15) is 19.0 Å². The van der Waals surface area contributed by atoms with Crippen LogP contribution >= 0.6 is 7.82 Å². The Balaban J connectivity index is 4.14. The van der Waals surface area contributed by atoms with Gasteiger partial charge in [0.25, 0.3) is 0 Å². The van der Waals surface area contributed by atoms with Crippen LogP contribution in [0.15, 0.2) is 0 Å². The van der Waals surface area contributed by atoms with Gasteiger partial charge in [-0.2, -0.15) is 0 Å². The highest BCUT2D eigenvalue weighted by Crippen LogP contribution is 2.43. The van der Waals surface area contributed by atoms with Gasteiger partial charge < -0.3 is 18.9 Å². The molecule has 0 aliphatic heterocycles. The molecule has 0 rings (SSSR count). The zero-order valence-corrected chi connectivity index (χ0v) is 44.2. The number of hydrogen-bond acceptors (Lipinski definition) is 7. The predicted octanol–water partition coefficient (Wildman–Crippen LogP) is 16.7. The summed E-state index contributed by atoms with van der Waals surface area (Å²) in [5, 5.41) is 0. The molecule has 2 unspecified atom stereocenters. The fourth-order valence-corrected chi connectivity index (χ4v) is 9.05. The smallest absolute Gasteiger partial charge is 0.462 e. The van der Waals surface area contributed by atoms with E-state index >= 15 is 0 Å². The van der Waals surface area contributed by atoms with Crippen LogP contribution in [0.1, 0.15) is 284 Å². The minimum absolute atomic E-state index is 0.0373. The molecule has 0 bridgehead atoms. The summed E-state index contributed by atoms with van der Waals surface area (Å²) in [4.78, 5) is 35.6. The quantitative estimate of drug-likeness (QED) is 0.0278. The summed E-state index contributed by atoms with van der Waals surface area (Å²) < 4.78 is 34.5. The Morgan fingerprint density at radius 1 is 0.422 bits per heavy atom. The monoisotopic (exact) mass is 931 g/mol. The van der Waals surface area contributed by atoms with Crippen LogP contribution in [-0.4, -0.2) is 74.9 Å². The molecule has 0 heterocycles. The summed E-state index contributed by atoms with van der Waals surface area (Å²) in [5.41, 5.74) is 0. The number of ether oxygens (including phenoxy) is 2. The summed E-state index contributed by atoms with van der Waals surface area (Å²) in [6, 6.07) is 0. The Bertz CT molecular complexity index is 1050. The molecule has 0 saturated carbocycles. The van der Waals surface area contributed by atoms with Crippen molar-refractivity contribution < 1.29 is 42.1 Å². The van der Waals surface area contributed by atoms with Crippen molar-refractivity contribution in [2.75, 3.05) is 47.5 Å². The van der Waals surface area contributed by atoms with E-state index in [1.807, 2.05) is 21.1 Å². The molecule has 10 heteroatoms. The van der Waals surface area contributed by atoms with Gasteiger partial charge in [0.1, 0.15) is 19.8 Å². The summed E-state index contributed by atoms with van der Waals surface area (Å²) in [6.07, 6.45) is 51.6. The highest BCUT2D eigenvalue weighted by molar-refractivity contribution is 7.47. The maximum atomic E-state index is 12.8. The normalized spacial score (nSPS) is 13.3. The number of unbranched alkanes of at least 4 members (excludes halogenated alkanes) is 38. The highest BCUT2D eigenvalue weighted by atomic mass is 31.2. The molecule has 0 aromatic carbocycles. The van der Waals surface area contributed by atoms with Gasteiger partial charge in [0.15, 0.2) is 6.10 Å². The molecular weight excluding hydrogens is 822 g/mol. The zero-order chi connectivity index (χ0) is 47.1. The van der Waals surface area contributed by atoms with Crippen LogP contribution in [0, 0.1) is 0 Å². The Hall–Kier alpha value is -0.990. The van der Waals surface area contributed by atoms with Crippen molar-refractivity contribution >= 4 is 19.8 Å². The maximum absolute atomic E-state index is 12.8. The van der Waals surface area contributed by atoms with Gasteiger partial charge in [0.2, 0.25) is 0 Å². The molecule has 0 spiro atoms. The van der Waals surface area contributed by atoms with E-state index in [4.69, 9.17) is 18.5 Å². The Morgan fingerprint density at radius 2 is 0.703 bits per heavy atom. The molecule has 1 N–H and O–H groups in total. The van der Waals surface area contributed by atoms with Crippen molar-refractivity contribution in [2.45, 2.75) is 290 Å². The number of carbonyl (C=O) groups excluding carboxylic acids is 2. The summed E-state index contributed by atoms with van der Waals surface area (Å²) in [5.74, 6) is -0.774. The van der Waals surface area contributed by atoms with Crippen LogP contribution in [0.2, 0.25) is 0 Å². The molecule has 64 heavy (non-hydrogen) atoms.